The van der Waals surface area contributed by atoms with Gasteiger partial charge in [-0.05, 0) is 73.1 Å². The second-order valence-corrected chi connectivity index (χ2v) is 7.86. The van der Waals surface area contributed by atoms with E-state index in [0.29, 0.717) is 27.2 Å². The summed E-state index contributed by atoms with van der Waals surface area (Å²) in [4.78, 5) is 19.3. The van der Waals surface area contributed by atoms with Gasteiger partial charge in [0.15, 0.2) is 5.17 Å². The van der Waals surface area contributed by atoms with Crippen molar-refractivity contribution in [2.75, 3.05) is 7.05 Å². The number of amidine groups is 1. The highest BCUT2D eigenvalue weighted by atomic mass is 32.2. The number of aryl methyl sites for hydroxylation is 2. The third-order valence-electron chi connectivity index (χ3n) is 4.73. The topological polar surface area (TPSA) is 45.8 Å². The molecule has 0 saturated carbocycles. The molecule has 4 nitrogen and oxygen atoms in total. The summed E-state index contributed by atoms with van der Waals surface area (Å²) in [5.74, 6) is 0.612. The highest BCUT2D eigenvalue weighted by Crippen LogP contribution is 2.34. The summed E-state index contributed by atoms with van der Waals surface area (Å²) in [6.45, 7) is 4.09. The Balaban J connectivity index is 1.59. The Morgan fingerprint density at radius 1 is 1.07 bits per heavy atom. The zero-order chi connectivity index (χ0) is 20.5. The number of hydrogen-bond acceptors (Lipinski definition) is 4. The van der Waals surface area contributed by atoms with E-state index < -0.39 is 0 Å². The summed E-state index contributed by atoms with van der Waals surface area (Å²) in [5, 5.41) is 0.612. The average molecular weight is 406 g/mol. The van der Waals surface area contributed by atoms with E-state index in [1.807, 2.05) is 25.1 Å². The zero-order valence-corrected chi connectivity index (χ0v) is 17.1. The number of nitrogens with zero attached hydrogens (tertiary/aromatic N) is 2. The number of rotatable bonds is 3. The molecule has 0 aliphatic carbocycles. The minimum atomic E-state index is -0.325. The molecular weight excluding hydrogens is 387 g/mol. The lowest BCUT2D eigenvalue weighted by atomic mass is 10.1. The number of aliphatic imine (C=N–C) groups is 1. The van der Waals surface area contributed by atoms with Gasteiger partial charge in [-0.15, -0.1) is 0 Å². The van der Waals surface area contributed by atoms with E-state index in [2.05, 4.69) is 11.9 Å². The van der Waals surface area contributed by atoms with Crippen molar-refractivity contribution in [3.63, 3.8) is 0 Å². The van der Waals surface area contributed by atoms with Gasteiger partial charge in [-0.1, -0.05) is 18.2 Å². The summed E-state index contributed by atoms with van der Waals surface area (Å²) in [6.07, 6.45) is 1.69. The molecule has 4 rings (SSSR count). The highest BCUT2D eigenvalue weighted by Gasteiger charge is 2.30. The molecule has 1 saturated heterocycles. The van der Waals surface area contributed by atoms with Crippen LogP contribution >= 0.6 is 11.8 Å². The van der Waals surface area contributed by atoms with Crippen LogP contribution in [0.4, 0.5) is 10.1 Å². The molecule has 0 N–H and O–H groups in total. The van der Waals surface area contributed by atoms with Gasteiger partial charge in [-0.2, -0.15) is 0 Å². The molecule has 146 valence electrons. The van der Waals surface area contributed by atoms with Gasteiger partial charge in [0.25, 0.3) is 5.91 Å². The first-order valence-electron chi connectivity index (χ1n) is 9.10. The quantitative estimate of drug-likeness (QED) is 0.506. The third-order valence-corrected chi connectivity index (χ3v) is 5.79. The molecular formula is C23H19FN2O2S. The summed E-state index contributed by atoms with van der Waals surface area (Å²) in [6, 6.07) is 15.7. The predicted molar refractivity (Wildman–Crippen MR) is 115 cm³/mol. The van der Waals surface area contributed by atoms with Gasteiger partial charge in [-0.3, -0.25) is 9.69 Å². The van der Waals surface area contributed by atoms with Crippen LogP contribution in [0.1, 0.15) is 16.9 Å². The lowest BCUT2D eigenvalue weighted by Crippen LogP contribution is -2.23. The highest BCUT2D eigenvalue weighted by molar-refractivity contribution is 8.18. The van der Waals surface area contributed by atoms with Gasteiger partial charge in [0.05, 0.1) is 10.6 Å². The van der Waals surface area contributed by atoms with Crippen molar-refractivity contribution in [3.05, 3.63) is 82.2 Å². The van der Waals surface area contributed by atoms with Crippen molar-refractivity contribution in [1.82, 2.24) is 4.90 Å². The second kappa shape index (κ2) is 7.72. The van der Waals surface area contributed by atoms with E-state index in [1.165, 1.54) is 34.4 Å². The molecule has 1 fully saturated rings. The van der Waals surface area contributed by atoms with Crippen molar-refractivity contribution < 1.29 is 13.6 Å². The Morgan fingerprint density at radius 2 is 1.90 bits per heavy atom. The molecule has 0 atom stereocenters. The van der Waals surface area contributed by atoms with Crippen molar-refractivity contribution in [3.8, 4) is 11.3 Å². The first-order valence-corrected chi connectivity index (χ1v) is 9.92. The van der Waals surface area contributed by atoms with E-state index in [0.717, 1.165) is 11.3 Å². The molecule has 0 unspecified atom stereocenters. The maximum Gasteiger partial charge on any atom is 0.266 e. The fraction of sp³-hybridized carbons (Fsp3) is 0.130. The van der Waals surface area contributed by atoms with Crippen LogP contribution in [-0.2, 0) is 4.79 Å². The first-order chi connectivity index (χ1) is 13.9. The Morgan fingerprint density at radius 3 is 2.66 bits per heavy atom. The molecule has 1 aromatic heterocycles. The van der Waals surface area contributed by atoms with Crippen LogP contribution in [0.25, 0.3) is 17.4 Å². The van der Waals surface area contributed by atoms with Crippen LogP contribution in [0.2, 0.25) is 0 Å². The molecule has 1 amide bonds. The van der Waals surface area contributed by atoms with E-state index >= 15 is 0 Å². The van der Waals surface area contributed by atoms with E-state index in [9.17, 15) is 9.18 Å². The van der Waals surface area contributed by atoms with Crippen molar-refractivity contribution in [2.45, 2.75) is 13.8 Å². The summed E-state index contributed by atoms with van der Waals surface area (Å²) in [5.41, 5.74) is 3.81. The largest absolute Gasteiger partial charge is 0.457 e. The normalized spacial score (nSPS) is 17.0. The number of benzene rings is 2. The number of carbonyl (C=O) groups is 1. The van der Waals surface area contributed by atoms with Crippen LogP contribution in [0.3, 0.4) is 0 Å². The Labute approximate surface area is 172 Å². The van der Waals surface area contributed by atoms with Gasteiger partial charge in [-0.25, -0.2) is 9.38 Å². The number of hydrogen-bond donors (Lipinski definition) is 0. The Hall–Kier alpha value is -3.12. The number of amides is 1. The predicted octanol–water partition coefficient (Wildman–Crippen LogP) is 5.94. The molecule has 6 heteroatoms. The van der Waals surface area contributed by atoms with Crippen molar-refractivity contribution >= 4 is 34.6 Å². The molecule has 0 spiro atoms. The van der Waals surface area contributed by atoms with Gasteiger partial charge >= 0.3 is 0 Å². The average Bonchev–Trinajstić information content (AvgIpc) is 3.26. The lowest BCUT2D eigenvalue weighted by molar-refractivity contribution is -0.121. The molecule has 29 heavy (non-hydrogen) atoms. The fourth-order valence-corrected chi connectivity index (χ4v) is 3.88. The van der Waals surface area contributed by atoms with Crippen LogP contribution in [0.15, 0.2) is 68.9 Å². The molecule has 1 aliphatic rings. The minimum Gasteiger partial charge on any atom is -0.457 e. The molecule has 0 radical (unpaired) electrons. The fourth-order valence-electron chi connectivity index (χ4n) is 2.91. The van der Waals surface area contributed by atoms with Crippen LogP contribution < -0.4 is 0 Å². The van der Waals surface area contributed by atoms with Crippen LogP contribution in [-0.4, -0.2) is 23.0 Å². The molecule has 1 aliphatic heterocycles. The zero-order valence-electron chi connectivity index (χ0n) is 16.3. The molecule has 0 bridgehead atoms. The number of thioether (sulfide) groups is 1. The second-order valence-electron chi connectivity index (χ2n) is 6.85. The molecule has 3 aromatic rings. The van der Waals surface area contributed by atoms with E-state index in [4.69, 9.17) is 4.42 Å². The molecule has 2 heterocycles. The van der Waals surface area contributed by atoms with Crippen LogP contribution in [0, 0.1) is 19.7 Å². The maximum atomic E-state index is 13.4. The number of carbonyl (C=O) groups excluding carboxylic acids is 1. The SMILES string of the molecule is Cc1ccc(N=C2S/C(=C\c3ccc(-c4cccc(F)c4)o3)C(=O)N2C)cc1C. The summed E-state index contributed by atoms with van der Waals surface area (Å²) >= 11 is 1.30. The third kappa shape index (κ3) is 4.03. The van der Waals surface area contributed by atoms with E-state index in [-0.39, 0.29) is 11.7 Å². The Kier molecular flexibility index (Phi) is 5.11. The molecule has 2 aromatic carbocycles. The summed E-state index contributed by atoms with van der Waals surface area (Å²) in [7, 11) is 1.70. The smallest absolute Gasteiger partial charge is 0.266 e. The number of furan rings is 1. The van der Waals surface area contributed by atoms with E-state index in [1.54, 1.807) is 37.4 Å². The summed E-state index contributed by atoms with van der Waals surface area (Å²) < 4.78 is 19.2. The standard InChI is InChI=1S/C23H19FN2O2S/c1-14-7-8-18(11-15(14)2)25-23-26(3)22(27)21(29-23)13-19-9-10-20(28-19)16-5-4-6-17(24)12-16/h4-13H,1-3H3/b21-13-,25-23?. The van der Waals surface area contributed by atoms with Crippen molar-refractivity contribution in [2.24, 2.45) is 4.99 Å². The van der Waals surface area contributed by atoms with Crippen molar-refractivity contribution in [1.29, 1.82) is 0 Å². The van der Waals surface area contributed by atoms with Gasteiger partial charge in [0, 0.05) is 18.7 Å². The maximum absolute atomic E-state index is 13.4. The first kappa shape index (κ1) is 19.2. The van der Waals surface area contributed by atoms with Gasteiger partial charge < -0.3 is 4.42 Å². The van der Waals surface area contributed by atoms with Gasteiger partial charge in [0.2, 0.25) is 0 Å². The van der Waals surface area contributed by atoms with Crippen LogP contribution in [0.5, 0.6) is 0 Å². The monoisotopic (exact) mass is 406 g/mol. The minimum absolute atomic E-state index is 0.138. The lowest BCUT2D eigenvalue weighted by Gasteiger charge is -2.08. The van der Waals surface area contributed by atoms with Gasteiger partial charge in [0.1, 0.15) is 17.3 Å². The number of halogens is 1. The number of likely N-dealkylation sites (N-methyl/N-ethyl adjacent to an activating group) is 1. The Bertz CT molecular complexity index is 1160.